The van der Waals surface area contributed by atoms with Gasteiger partial charge >= 0.3 is 5.97 Å². The number of hydrogen-bond acceptors (Lipinski definition) is 4. The number of methoxy groups -OCH3 is 1. The molecule has 1 rings (SSSR count). The Morgan fingerprint density at radius 3 is 2.93 bits per heavy atom. The molecule has 3 nitrogen and oxygen atoms in total. The van der Waals surface area contributed by atoms with Crippen LogP contribution in [-0.2, 0) is 16.1 Å². The van der Waals surface area contributed by atoms with E-state index in [0.717, 1.165) is 10.9 Å². The third kappa shape index (κ3) is 3.93. The number of ether oxygens (including phenoxy) is 1. The summed E-state index contributed by atoms with van der Waals surface area (Å²) in [5, 5.41) is 5.19. The predicted octanol–water partition coefficient (Wildman–Crippen LogP) is 2.55. The Labute approximate surface area is 102 Å². The normalized spacial score (nSPS) is 12.5. The maximum atomic E-state index is 11.3. The molecule has 1 N–H and O–H groups in total. The smallest absolute Gasteiger partial charge is 0.322 e. The Morgan fingerprint density at radius 1 is 1.73 bits per heavy atom. The second-order valence-electron chi connectivity index (χ2n) is 3.10. The summed E-state index contributed by atoms with van der Waals surface area (Å²) in [4.78, 5) is 12.5. The zero-order valence-corrected chi connectivity index (χ0v) is 11.2. The van der Waals surface area contributed by atoms with Crippen LogP contribution < -0.4 is 5.32 Å². The van der Waals surface area contributed by atoms with Gasteiger partial charge < -0.3 is 4.74 Å². The fourth-order valence-electron chi connectivity index (χ4n) is 1.21. The minimum atomic E-state index is -0.212. The van der Waals surface area contributed by atoms with E-state index < -0.39 is 0 Å². The van der Waals surface area contributed by atoms with Gasteiger partial charge in [-0.1, -0.05) is 6.92 Å². The highest BCUT2D eigenvalue weighted by atomic mass is 79.9. The van der Waals surface area contributed by atoms with Gasteiger partial charge in [-0.2, -0.15) is 0 Å². The largest absolute Gasteiger partial charge is 0.468 e. The number of hydrogen-bond donors (Lipinski definition) is 1. The van der Waals surface area contributed by atoms with E-state index in [1.807, 2.05) is 18.4 Å². The number of carbonyl (C=O) groups is 1. The molecule has 0 saturated heterocycles. The van der Waals surface area contributed by atoms with Gasteiger partial charge in [-0.3, -0.25) is 10.1 Å². The molecule has 1 aromatic rings. The van der Waals surface area contributed by atoms with Crippen molar-refractivity contribution >= 4 is 33.2 Å². The summed E-state index contributed by atoms with van der Waals surface area (Å²) >= 11 is 5.05. The van der Waals surface area contributed by atoms with Crippen LogP contribution in [0.15, 0.2) is 15.9 Å². The lowest BCUT2D eigenvalue weighted by atomic mass is 10.2. The highest BCUT2D eigenvalue weighted by Gasteiger charge is 2.15. The maximum Gasteiger partial charge on any atom is 0.322 e. The quantitative estimate of drug-likeness (QED) is 0.848. The van der Waals surface area contributed by atoms with Crippen LogP contribution in [0.2, 0.25) is 0 Å². The first-order valence-corrected chi connectivity index (χ1v) is 6.38. The summed E-state index contributed by atoms with van der Waals surface area (Å²) in [7, 11) is 1.41. The highest BCUT2D eigenvalue weighted by Crippen LogP contribution is 2.19. The van der Waals surface area contributed by atoms with Crippen LogP contribution in [0.4, 0.5) is 0 Å². The molecule has 0 bridgehead atoms. The maximum absolute atomic E-state index is 11.3. The molecular formula is C10H14BrNO2S. The van der Waals surface area contributed by atoms with Crippen LogP contribution in [-0.4, -0.2) is 19.1 Å². The summed E-state index contributed by atoms with van der Waals surface area (Å²) in [5.41, 5.74) is 0. The Morgan fingerprint density at radius 2 is 2.47 bits per heavy atom. The standard InChI is InChI=1S/C10H14BrNO2S/c1-3-9(10(13)14-2)12-5-8-4-7(11)6-15-8/h4,6,9,12H,3,5H2,1-2H3. The van der Waals surface area contributed by atoms with Crippen LogP contribution in [0.5, 0.6) is 0 Å². The van der Waals surface area contributed by atoms with E-state index in [0.29, 0.717) is 6.54 Å². The highest BCUT2D eigenvalue weighted by molar-refractivity contribution is 9.10. The molecule has 0 amide bonds. The molecule has 1 aromatic heterocycles. The van der Waals surface area contributed by atoms with Gasteiger partial charge in [-0.25, -0.2) is 0 Å². The molecule has 1 heterocycles. The average molecular weight is 292 g/mol. The molecular weight excluding hydrogens is 278 g/mol. The van der Waals surface area contributed by atoms with E-state index in [1.54, 1.807) is 11.3 Å². The summed E-state index contributed by atoms with van der Waals surface area (Å²) < 4.78 is 5.77. The Balaban J connectivity index is 2.44. The zero-order valence-electron chi connectivity index (χ0n) is 8.75. The first-order chi connectivity index (χ1) is 7.17. The van der Waals surface area contributed by atoms with Crippen LogP contribution >= 0.6 is 27.3 Å². The topological polar surface area (TPSA) is 38.3 Å². The van der Waals surface area contributed by atoms with E-state index in [1.165, 1.54) is 12.0 Å². The van der Waals surface area contributed by atoms with Crippen LogP contribution in [0.3, 0.4) is 0 Å². The van der Waals surface area contributed by atoms with Crippen LogP contribution in [0, 0.1) is 0 Å². The molecule has 0 spiro atoms. The van der Waals surface area contributed by atoms with Crippen LogP contribution in [0.1, 0.15) is 18.2 Å². The van der Waals surface area contributed by atoms with Gasteiger partial charge in [0.1, 0.15) is 6.04 Å². The van der Waals surface area contributed by atoms with E-state index in [4.69, 9.17) is 0 Å². The van der Waals surface area contributed by atoms with Gasteiger partial charge in [0.15, 0.2) is 0 Å². The number of nitrogens with one attached hydrogen (secondary N) is 1. The number of esters is 1. The van der Waals surface area contributed by atoms with E-state index in [9.17, 15) is 4.79 Å². The molecule has 0 radical (unpaired) electrons. The number of rotatable bonds is 5. The van der Waals surface area contributed by atoms with Gasteiger partial charge in [0.2, 0.25) is 0 Å². The van der Waals surface area contributed by atoms with Crippen molar-refractivity contribution in [2.45, 2.75) is 25.9 Å². The van der Waals surface area contributed by atoms with E-state index >= 15 is 0 Å². The van der Waals surface area contributed by atoms with Crippen molar-refractivity contribution in [2.24, 2.45) is 0 Å². The van der Waals surface area contributed by atoms with Gasteiger partial charge in [-0.05, 0) is 28.4 Å². The lowest BCUT2D eigenvalue weighted by molar-refractivity contribution is -0.143. The fraction of sp³-hybridized carbons (Fsp3) is 0.500. The molecule has 84 valence electrons. The average Bonchev–Trinajstić information content (AvgIpc) is 2.64. The monoisotopic (exact) mass is 291 g/mol. The Bertz CT molecular complexity index is 327. The summed E-state index contributed by atoms with van der Waals surface area (Å²) in [6.07, 6.45) is 0.735. The molecule has 5 heteroatoms. The van der Waals surface area contributed by atoms with Crippen molar-refractivity contribution in [1.82, 2.24) is 5.32 Å². The molecule has 0 fully saturated rings. The van der Waals surface area contributed by atoms with Crippen molar-refractivity contribution in [2.75, 3.05) is 7.11 Å². The summed E-state index contributed by atoms with van der Waals surface area (Å²) in [6, 6.07) is 1.83. The van der Waals surface area contributed by atoms with Crippen LogP contribution in [0.25, 0.3) is 0 Å². The van der Waals surface area contributed by atoms with Gasteiger partial charge in [0, 0.05) is 21.3 Å². The minimum absolute atomic E-state index is 0.201. The predicted molar refractivity (Wildman–Crippen MR) is 65.0 cm³/mol. The van der Waals surface area contributed by atoms with Crippen molar-refractivity contribution in [3.8, 4) is 0 Å². The molecule has 0 saturated carbocycles. The summed E-state index contributed by atoms with van der Waals surface area (Å²) in [5.74, 6) is -0.201. The third-order valence-corrected chi connectivity index (χ3v) is 3.74. The zero-order chi connectivity index (χ0) is 11.3. The molecule has 0 aliphatic heterocycles. The van der Waals surface area contributed by atoms with E-state index in [-0.39, 0.29) is 12.0 Å². The summed E-state index contributed by atoms with van der Waals surface area (Å²) in [6.45, 7) is 2.66. The lowest BCUT2D eigenvalue weighted by Gasteiger charge is -2.13. The number of halogens is 1. The second-order valence-corrected chi connectivity index (χ2v) is 5.01. The van der Waals surface area contributed by atoms with Crippen molar-refractivity contribution in [3.05, 3.63) is 20.8 Å². The number of thiophene rings is 1. The molecule has 0 aliphatic carbocycles. The third-order valence-electron chi connectivity index (χ3n) is 2.04. The first kappa shape index (κ1) is 12.7. The Kier molecular flexibility index (Phi) is 5.28. The molecule has 1 unspecified atom stereocenters. The minimum Gasteiger partial charge on any atom is -0.468 e. The second kappa shape index (κ2) is 6.25. The SMILES string of the molecule is CCC(NCc1cc(Br)cs1)C(=O)OC. The van der Waals surface area contributed by atoms with Crippen molar-refractivity contribution < 1.29 is 9.53 Å². The molecule has 1 atom stereocenters. The Hall–Kier alpha value is -0.390. The van der Waals surface area contributed by atoms with Gasteiger partial charge in [0.05, 0.1) is 7.11 Å². The molecule has 15 heavy (non-hydrogen) atoms. The molecule has 0 aliphatic rings. The lowest BCUT2D eigenvalue weighted by Crippen LogP contribution is -2.36. The van der Waals surface area contributed by atoms with Gasteiger partial charge in [-0.15, -0.1) is 11.3 Å². The fourth-order valence-corrected chi connectivity index (χ4v) is 2.61. The number of carbonyl (C=O) groups excluding carboxylic acids is 1. The van der Waals surface area contributed by atoms with Crippen molar-refractivity contribution in [1.29, 1.82) is 0 Å². The van der Waals surface area contributed by atoms with Crippen molar-refractivity contribution in [3.63, 3.8) is 0 Å². The first-order valence-electron chi connectivity index (χ1n) is 4.71. The van der Waals surface area contributed by atoms with E-state index in [2.05, 4.69) is 26.0 Å². The molecule has 0 aromatic carbocycles. The van der Waals surface area contributed by atoms with Gasteiger partial charge in [0.25, 0.3) is 0 Å².